The van der Waals surface area contributed by atoms with Crippen LogP contribution in [0.3, 0.4) is 0 Å². The average Bonchev–Trinajstić information content (AvgIpc) is 2.83. The van der Waals surface area contributed by atoms with Crippen molar-refractivity contribution in [1.29, 1.82) is 0 Å². The largest absolute Gasteiger partial charge is 0.393 e. The Kier molecular flexibility index (Phi) is 4.08. The van der Waals surface area contributed by atoms with Gasteiger partial charge in [-0.3, -0.25) is 0 Å². The maximum Gasteiger partial charge on any atom is 0.0942 e. The van der Waals surface area contributed by atoms with Crippen molar-refractivity contribution >= 4 is 21.6 Å². The first-order valence-electron chi connectivity index (χ1n) is 7.66. The molecule has 108 valence electrons. The van der Waals surface area contributed by atoms with E-state index in [9.17, 15) is 5.11 Å². The highest BCUT2D eigenvalue weighted by molar-refractivity contribution is 7.18. The molecule has 1 aromatic carbocycles. The molecule has 2 aromatic rings. The Morgan fingerprint density at radius 1 is 1.30 bits per heavy atom. The molecule has 3 unspecified atom stereocenters. The molecule has 1 fully saturated rings. The zero-order valence-electron chi connectivity index (χ0n) is 12.2. The van der Waals surface area contributed by atoms with Gasteiger partial charge >= 0.3 is 0 Å². The molecule has 3 heteroatoms. The highest BCUT2D eigenvalue weighted by Crippen LogP contribution is 2.36. The number of fused-ring (bicyclic) bond motifs is 1. The predicted octanol–water partition coefficient (Wildman–Crippen LogP) is 4.27. The number of hydrogen-bond donors (Lipinski definition) is 1. The third-order valence-electron chi connectivity index (χ3n) is 4.70. The van der Waals surface area contributed by atoms with E-state index < -0.39 is 0 Å². The number of aliphatic hydroxyl groups excluding tert-OH is 1. The summed E-state index contributed by atoms with van der Waals surface area (Å²) in [6, 6.07) is 8.30. The Bertz CT molecular complexity index is 544. The summed E-state index contributed by atoms with van der Waals surface area (Å²) in [5, 5.41) is 11.5. The molecule has 1 N–H and O–H groups in total. The molecule has 3 atom stereocenters. The molecular formula is C17H23NOS. The van der Waals surface area contributed by atoms with Crippen molar-refractivity contribution in [2.45, 2.75) is 45.6 Å². The molecule has 1 aromatic heterocycles. The number of thiazole rings is 1. The van der Waals surface area contributed by atoms with Crippen molar-refractivity contribution < 1.29 is 5.11 Å². The van der Waals surface area contributed by atoms with Crippen molar-refractivity contribution in [2.24, 2.45) is 17.8 Å². The second-order valence-corrected chi connectivity index (χ2v) is 7.54. The number of hydrogen-bond acceptors (Lipinski definition) is 3. The minimum atomic E-state index is -0.142. The average molecular weight is 289 g/mol. The maximum absolute atomic E-state index is 10.3. The SMILES string of the molecule is CC(C)C1CCC(O)C(Cc2nc3ccccc3s2)C1. The van der Waals surface area contributed by atoms with Crippen LogP contribution in [0.5, 0.6) is 0 Å². The molecule has 0 amide bonds. The second kappa shape index (κ2) is 5.82. The first-order chi connectivity index (χ1) is 9.63. The fraction of sp³-hybridized carbons (Fsp3) is 0.588. The number of rotatable bonds is 3. The first kappa shape index (κ1) is 14.0. The Labute approximate surface area is 124 Å². The number of para-hydroxylation sites is 1. The van der Waals surface area contributed by atoms with E-state index in [1.54, 1.807) is 11.3 Å². The Morgan fingerprint density at radius 2 is 2.10 bits per heavy atom. The zero-order chi connectivity index (χ0) is 14.1. The molecule has 0 bridgehead atoms. The van der Waals surface area contributed by atoms with Crippen LogP contribution in [0.15, 0.2) is 24.3 Å². The molecule has 3 rings (SSSR count). The van der Waals surface area contributed by atoms with Crippen molar-refractivity contribution in [3.8, 4) is 0 Å². The number of benzene rings is 1. The number of nitrogens with zero attached hydrogens (tertiary/aromatic N) is 1. The van der Waals surface area contributed by atoms with E-state index in [1.807, 2.05) is 6.07 Å². The topological polar surface area (TPSA) is 33.1 Å². The lowest BCUT2D eigenvalue weighted by molar-refractivity contribution is 0.0378. The maximum atomic E-state index is 10.3. The van der Waals surface area contributed by atoms with Crippen LogP contribution < -0.4 is 0 Å². The lowest BCUT2D eigenvalue weighted by Gasteiger charge is -2.35. The van der Waals surface area contributed by atoms with E-state index in [1.165, 1.54) is 16.1 Å². The van der Waals surface area contributed by atoms with E-state index in [-0.39, 0.29) is 6.10 Å². The lowest BCUT2D eigenvalue weighted by Crippen LogP contribution is -2.32. The van der Waals surface area contributed by atoms with Crippen LogP contribution in [0.4, 0.5) is 0 Å². The van der Waals surface area contributed by atoms with Crippen molar-refractivity contribution in [2.75, 3.05) is 0 Å². The van der Waals surface area contributed by atoms with Gasteiger partial charge in [-0.25, -0.2) is 4.98 Å². The van der Waals surface area contributed by atoms with E-state index in [0.717, 1.165) is 36.6 Å². The lowest BCUT2D eigenvalue weighted by atomic mass is 9.74. The molecule has 1 aliphatic rings. The molecule has 0 radical (unpaired) electrons. The van der Waals surface area contributed by atoms with Crippen LogP contribution in [0.2, 0.25) is 0 Å². The van der Waals surface area contributed by atoms with Crippen LogP contribution in [0, 0.1) is 17.8 Å². The molecule has 0 saturated heterocycles. The molecule has 2 nitrogen and oxygen atoms in total. The van der Waals surface area contributed by atoms with Gasteiger partial charge in [0, 0.05) is 6.42 Å². The van der Waals surface area contributed by atoms with Gasteiger partial charge in [0.25, 0.3) is 0 Å². The zero-order valence-corrected chi connectivity index (χ0v) is 13.1. The van der Waals surface area contributed by atoms with Gasteiger partial charge in [-0.15, -0.1) is 11.3 Å². The smallest absolute Gasteiger partial charge is 0.0942 e. The third kappa shape index (κ3) is 2.89. The number of aliphatic hydroxyl groups is 1. The monoisotopic (exact) mass is 289 g/mol. The van der Waals surface area contributed by atoms with E-state index in [0.29, 0.717) is 5.92 Å². The van der Waals surface area contributed by atoms with Gasteiger partial charge in [0.1, 0.15) is 0 Å². The summed E-state index contributed by atoms with van der Waals surface area (Å²) in [4.78, 5) is 4.72. The fourth-order valence-electron chi connectivity index (χ4n) is 3.34. The standard InChI is InChI=1S/C17H23NOS/c1-11(2)12-7-8-15(19)13(9-12)10-17-18-14-5-3-4-6-16(14)20-17/h3-6,11-13,15,19H,7-10H2,1-2H3. The summed E-state index contributed by atoms with van der Waals surface area (Å²) in [7, 11) is 0. The molecular weight excluding hydrogens is 266 g/mol. The van der Waals surface area contributed by atoms with E-state index in [2.05, 4.69) is 32.0 Å². The molecule has 1 aliphatic carbocycles. The molecule has 1 heterocycles. The van der Waals surface area contributed by atoms with Gasteiger partial charge in [0.2, 0.25) is 0 Å². The second-order valence-electron chi connectivity index (χ2n) is 6.42. The normalized spacial score (nSPS) is 27.3. The predicted molar refractivity (Wildman–Crippen MR) is 85.0 cm³/mol. The minimum Gasteiger partial charge on any atom is -0.393 e. The van der Waals surface area contributed by atoms with Gasteiger partial charge in [-0.1, -0.05) is 26.0 Å². The van der Waals surface area contributed by atoms with Gasteiger partial charge < -0.3 is 5.11 Å². The van der Waals surface area contributed by atoms with Crippen molar-refractivity contribution in [3.63, 3.8) is 0 Å². The Balaban J connectivity index is 1.75. The van der Waals surface area contributed by atoms with Crippen LogP contribution in [-0.4, -0.2) is 16.2 Å². The first-order valence-corrected chi connectivity index (χ1v) is 8.47. The van der Waals surface area contributed by atoms with Gasteiger partial charge in [-0.2, -0.15) is 0 Å². The summed E-state index contributed by atoms with van der Waals surface area (Å²) < 4.78 is 1.26. The number of aromatic nitrogens is 1. The van der Waals surface area contributed by atoms with Gasteiger partial charge in [-0.05, 0) is 49.1 Å². The Hall–Kier alpha value is -0.930. The summed E-state index contributed by atoms with van der Waals surface area (Å²) in [5.74, 6) is 1.87. The summed E-state index contributed by atoms with van der Waals surface area (Å²) in [6.07, 6.45) is 4.07. The summed E-state index contributed by atoms with van der Waals surface area (Å²) in [6.45, 7) is 4.61. The molecule has 0 aliphatic heterocycles. The van der Waals surface area contributed by atoms with E-state index >= 15 is 0 Å². The van der Waals surface area contributed by atoms with Crippen LogP contribution in [0.1, 0.15) is 38.1 Å². The van der Waals surface area contributed by atoms with Gasteiger partial charge in [0.05, 0.1) is 21.3 Å². The Morgan fingerprint density at radius 3 is 2.85 bits per heavy atom. The summed E-state index contributed by atoms with van der Waals surface area (Å²) >= 11 is 1.78. The van der Waals surface area contributed by atoms with Crippen LogP contribution >= 0.6 is 11.3 Å². The molecule has 0 spiro atoms. The highest BCUT2D eigenvalue weighted by Gasteiger charge is 2.31. The van der Waals surface area contributed by atoms with Crippen LogP contribution in [0.25, 0.3) is 10.2 Å². The minimum absolute atomic E-state index is 0.142. The third-order valence-corrected chi connectivity index (χ3v) is 5.76. The highest BCUT2D eigenvalue weighted by atomic mass is 32.1. The molecule has 20 heavy (non-hydrogen) atoms. The fourth-order valence-corrected chi connectivity index (χ4v) is 4.40. The van der Waals surface area contributed by atoms with Crippen LogP contribution in [-0.2, 0) is 6.42 Å². The quantitative estimate of drug-likeness (QED) is 0.915. The van der Waals surface area contributed by atoms with Crippen molar-refractivity contribution in [3.05, 3.63) is 29.3 Å². The van der Waals surface area contributed by atoms with E-state index in [4.69, 9.17) is 4.98 Å². The molecule has 1 saturated carbocycles. The summed E-state index contributed by atoms with van der Waals surface area (Å²) in [5.41, 5.74) is 1.10. The van der Waals surface area contributed by atoms with Gasteiger partial charge in [0.15, 0.2) is 0 Å². The van der Waals surface area contributed by atoms with Crippen molar-refractivity contribution in [1.82, 2.24) is 4.98 Å².